The highest BCUT2D eigenvalue weighted by Crippen LogP contribution is 2.27. The van der Waals surface area contributed by atoms with Gasteiger partial charge in [0.15, 0.2) is 0 Å². The molecule has 1 saturated heterocycles. The van der Waals surface area contributed by atoms with Crippen molar-refractivity contribution in [2.24, 2.45) is 0 Å². The van der Waals surface area contributed by atoms with E-state index < -0.39 is 10.0 Å². The van der Waals surface area contributed by atoms with Crippen LogP contribution >= 0.6 is 15.9 Å². The molecule has 0 saturated carbocycles. The minimum absolute atomic E-state index is 0.0570. The summed E-state index contributed by atoms with van der Waals surface area (Å²) in [6.07, 6.45) is 0.803. The highest BCUT2D eigenvalue weighted by molar-refractivity contribution is 9.10. The summed E-state index contributed by atoms with van der Waals surface area (Å²) in [6, 6.07) is 4.93. The summed E-state index contributed by atoms with van der Waals surface area (Å²) in [4.78, 5) is 0.177. The summed E-state index contributed by atoms with van der Waals surface area (Å²) in [5.41, 5.74) is 0. The number of hydrogen-bond donors (Lipinski definition) is 2. The highest BCUT2D eigenvalue weighted by atomic mass is 79.9. The van der Waals surface area contributed by atoms with Gasteiger partial charge in [0.05, 0.1) is 6.61 Å². The predicted octanol–water partition coefficient (Wildman–Crippen LogP) is 1.49. The lowest BCUT2D eigenvalue weighted by atomic mass is 10.3. The van der Waals surface area contributed by atoms with E-state index >= 15 is 0 Å². The molecule has 1 aliphatic heterocycles. The van der Waals surface area contributed by atoms with E-state index in [9.17, 15) is 8.42 Å². The predicted molar refractivity (Wildman–Crippen MR) is 76.9 cm³/mol. The van der Waals surface area contributed by atoms with Gasteiger partial charge in [-0.05, 0) is 38.1 Å². The lowest BCUT2D eigenvalue weighted by Crippen LogP contribution is -2.36. The SMILES string of the molecule is CCOc1ccc(Br)cc1S(=O)(=O)NC1CCNC1. The zero-order chi connectivity index (χ0) is 13.9. The summed E-state index contributed by atoms with van der Waals surface area (Å²) in [5, 5.41) is 3.13. The second-order valence-electron chi connectivity index (χ2n) is 4.34. The molecule has 0 spiro atoms. The molecule has 1 atom stereocenters. The van der Waals surface area contributed by atoms with Crippen molar-refractivity contribution in [1.29, 1.82) is 0 Å². The van der Waals surface area contributed by atoms with E-state index in [-0.39, 0.29) is 10.9 Å². The minimum atomic E-state index is -3.56. The van der Waals surface area contributed by atoms with Gasteiger partial charge in [0.2, 0.25) is 10.0 Å². The van der Waals surface area contributed by atoms with Crippen LogP contribution in [0.25, 0.3) is 0 Å². The van der Waals surface area contributed by atoms with Gasteiger partial charge < -0.3 is 10.1 Å². The van der Waals surface area contributed by atoms with Crippen LogP contribution in [0, 0.1) is 0 Å². The number of benzene rings is 1. The maximum Gasteiger partial charge on any atom is 0.244 e. The molecular formula is C12H17BrN2O3S. The molecule has 7 heteroatoms. The quantitative estimate of drug-likeness (QED) is 0.845. The molecule has 5 nitrogen and oxygen atoms in total. The number of halogens is 1. The Hall–Kier alpha value is -0.630. The van der Waals surface area contributed by atoms with E-state index in [0.717, 1.165) is 13.0 Å². The van der Waals surface area contributed by atoms with Gasteiger partial charge in [-0.3, -0.25) is 0 Å². The van der Waals surface area contributed by atoms with Crippen molar-refractivity contribution >= 4 is 26.0 Å². The highest BCUT2D eigenvalue weighted by Gasteiger charge is 2.25. The first-order valence-corrected chi connectivity index (χ1v) is 8.46. The molecule has 1 unspecified atom stereocenters. The second-order valence-corrected chi connectivity index (χ2v) is 6.93. The summed E-state index contributed by atoms with van der Waals surface area (Å²) in [5.74, 6) is 0.379. The Balaban J connectivity index is 2.29. The van der Waals surface area contributed by atoms with E-state index in [0.29, 0.717) is 23.4 Å². The fourth-order valence-electron chi connectivity index (χ4n) is 2.00. The van der Waals surface area contributed by atoms with Gasteiger partial charge in [0.25, 0.3) is 0 Å². The molecule has 1 aliphatic rings. The number of rotatable bonds is 5. The Kier molecular flexibility index (Phi) is 4.83. The Labute approximate surface area is 121 Å². The van der Waals surface area contributed by atoms with Gasteiger partial charge in [0, 0.05) is 17.1 Å². The normalized spacial score (nSPS) is 19.6. The van der Waals surface area contributed by atoms with Gasteiger partial charge in [-0.2, -0.15) is 0 Å². The number of ether oxygens (including phenoxy) is 1. The molecule has 1 fully saturated rings. The van der Waals surface area contributed by atoms with Crippen LogP contribution in [0.5, 0.6) is 5.75 Å². The molecule has 0 aliphatic carbocycles. The monoisotopic (exact) mass is 348 g/mol. The molecule has 106 valence electrons. The van der Waals surface area contributed by atoms with E-state index in [2.05, 4.69) is 26.0 Å². The maximum absolute atomic E-state index is 12.4. The van der Waals surface area contributed by atoms with Gasteiger partial charge in [-0.25, -0.2) is 13.1 Å². The molecule has 0 amide bonds. The first-order chi connectivity index (χ1) is 9.03. The molecule has 19 heavy (non-hydrogen) atoms. The third-order valence-electron chi connectivity index (χ3n) is 2.88. The van der Waals surface area contributed by atoms with Gasteiger partial charge in [0.1, 0.15) is 10.6 Å². The zero-order valence-corrected chi connectivity index (χ0v) is 13.1. The molecule has 2 N–H and O–H groups in total. The smallest absolute Gasteiger partial charge is 0.244 e. The second kappa shape index (κ2) is 6.21. The van der Waals surface area contributed by atoms with E-state index in [1.54, 1.807) is 18.2 Å². The number of nitrogens with one attached hydrogen (secondary N) is 2. The molecular weight excluding hydrogens is 332 g/mol. The van der Waals surface area contributed by atoms with Crippen molar-refractivity contribution in [2.45, 2.75) is 24.3 Å². The van der Waals surface area contributed by atoms with Crippen LogP contribution < -0.4 is 14.8 Å². The molecule has 1 aromatic carbocycles. The lowest BCUT2D eigenvalue weighted by molar-refractivity contribution is 0.331. The van der Waals surface area contributed by atoms with Gasteiger partial charge >= 0.3 is 0 Å². The van der Waals surface area contributed by atoms with Crippen LogP contribution in [-0.2, 0) is 10.0 Å². The third-order valence-corrected chi connectivity index (χ3v) is 4.91. The number of hydrogen-bond acceptors (Lipinski definition) is 4. The Bertz CT molecular complexity index is 542. The van der Waals surface area contributed by atoms with Crippen LogP contribution in [0.1, 0.15) is 13.3 Å². The van der Waals surface area contributed by atoms with Crippen LogP contribution in [-0.4, -0.2) is 34.2 Å². The summed E-state index contributed by atoms with van der Waals surface area (Å²) in [7, 11) is -3.56. The zero-order valence-electron chi connectivity index (χ0n) is 10.6. The Morgan fingerprint density at radius 2 is 2.32 bits per heavy atom. The molecule has 1 aromatic rings. The molecule has 0 radical (unpaired) electrons. The summed E-state index contributed by atoms with van der Waals surface area (Å²) < 4.78 is 33.6. The van der Waals surface area contributed by atoms with E-state index in [1.807, 2.05) is 6.92 Å². The van der Waals surface area contributed by atoms with E-state index in [1.165, 1.54) is 0 Å². The largest absolute Gasteiger partial charge is 0.492 e. The molecule has 2 rings (SSSR count). The molecule has 1 heterocycles. The first kappa shape index (κ1) is 14.8. The van der Waals surface area contributed by atoms with Crippen molar-refractivity contribution < 1.29 is 13.2 Å². The van der Waals surface area contributed by atoms with Gasteiger partial charge in [-0.1, -0.05) is 15.9 Å². The van der Waals surface area contributed by atoms with Crippen molar-refractivity contribution in [3.05, 3.63) is 22.7 Å². The van der Waals surface area contributed by atoms with E-state index in [4.69, 9.17) is 4.74 Å². The summed E-state index contributed by atoms with van der Waals surface area (Å²) >= 11 is 3.29. The van der Waals surface area contributed by atoms with Crippen molar-refractivity contribution in [2.75, 3.05) is 19.7 Å². The topological polar surface area (TPSA) is 67.4 Å². The fourth-order valence-corrected chi connectivity index (χ4v) is 3.96. The third kappa shape index (κ3) is 3.68. The van der Waals surface area contributed by atoms with Crippen LogP contribution in [0.15, 0.2) is 27.6 Å². The minimum Gasteiger partial charge on any atom is -0.492 e. The average Bonchev–Trinajstić information content (AvgIpc) is 2.83. The number of sulfonamides is 1. The molecule has 0 bridgehead atoms. The van der Waals surface area contributed by atoms with Gasteiger partial charge in [-0.15, -0.1) is 0 Å². The lowest BCUT2D eigenvalue weighted by Gasteiger charge is -2.15. The van der Waals surface area contributed by atoms with Crippen LogP contribution in [0.2, 0.25) is 0 Å². The maximum atomic E-state index is 12.4. The van der Waals surface area contributed by atoms with Crippen molar-refractivity contribution in [3.63, 3.8) is 0 Å². The van der Waals surface area contributed by atoms with Crippen molar-refractivity contribution in [3.8, 4) is 5.75 Å². The molecule has 0 aromatic heterocycles. The average molecular weight is 349 g/mol. The Morgan fingerprint density at radius 3 is 2.95 bits per heavy atom. The van der Waals surface area contributed by atoms with Crippen LogP contribution in [0.4, 0.5) is 0 Å². The summed E-state index contributed by atoms with van der Waals surface area (Å²) in [6.45, 7) is 3.75. The fraction of sp³-hybridized carbons (Fsp3) is 0.500. The Morgan fingerprint density at radius 1 is 1.53 bits per heavy atom. The first-order valence-electron chi connectivity index (χ1n) is 6.18. The standard InChI is InChI=1S/C12H17BrN2O3S/c1-2-18-11-4-3-9(13)7-12(11)19(16,17)15-10-5-6-14-8-10/h3-4,7,10,14-15H,2,5-6,8H2,1H3. The van der Waals surface area contributed by atoms with Crippen molar-refractivity contribution in [1.82, 2.24) is 10.0 Å². The van der Waals surface area contributed by atoms with Crippen LogP contribution in [0.3, 0.4) is 0 Å².